The van der Waals surface area contributed by atoms with Crippen molar-refractivity contribution >= 4 is 11.8 Å². The van der Waals surface area contributed by atoms with Crippen molar-refractivity contribution in [3.8, 4) is 0 Å². The maximum Gasteiger partial charge on any atom is 0.326 e. The van der Waals surface area contributed by atoms with Crippen molar-refractivity contribution in [3.05, 3.63) is 22.2 Å². The molecule has 0 radical (unpaired) electrons. The number of hydrogen-bond acceptors (Lipinski definition) is 4. The van der Waals surface area contributed by atoms with Crippen LogP contribution in [0.15, 0.2) is 10.9 Å². The molecule has 106 valence electrons. The van der Waals surface area contributed by atoms with E-state index in [1.807, 2.05) is 27.7 Å². The van der Waals surface area contributed by atoms with E-state index in [9.17, 15) is 9.59 Å². The summed E-state index contributed by atoms with van der Waals surface area (Å²) in [5, 5.41) is 12.0. The highest BCUT2D eigenvalue weighted by atomic mass is 16.4. The summed E-state index contributed by atoms with van der Waals surface area (Å²) < 4.78 is 0. The van der Waals surface area contributed by atoms with E-state index in [4.69, 9.17) is 5.11 Å². The molecule has 0 saturated carbocycles. The summed E-state index contributed by atoms with van der Waals surface area (Å²) in [6, 6.07) is 0.539. The van der Waals surface area contributed by atoms with E-state index in [1.54, 1.807) is 0 Å². The Labute approximate surface area is 112 Å². The summed E-state index contributed by atoms with van der Waals surface area (Å²) in [5.41, 5.74) is -0.283. The lowest BCUT2D eigenvalue weighted by Crippen LogP contribution is -2.32. The maximum absolute atomic E-state index is 11.5. The number of hydrogen-bond donors (Lipinski definition) is 3. The molecule has 0 bridgehead atoms. The number of aliphatic carboxylic acids is 1. The van der Waals surface area contributed by atoms with Gasteiger partial charge in [-0.15, -0.1) is 0 Å². The number of carbonyl (C=O) groups is 1. The lowest BCUT2D eigenvalue weighted by Gasteiger charge is -2.17. The van der Waals surface area contributed by atoms with Crippen molar-refractivity contribution in [2.75, 3.05) is 5.32 Å². The summed E-state index contributed by atoms with van der Waals surface area (Å²) in [6.45, 7) is 7.71. The average Bonchev–Trinajstić information content (AvgIpc) is 2.26. The van der Waals surface area contributed by atoms with Gasteiger partial charge in [0, 0.05) is 12.0 Å². The van der Waals surface area contributed by atoms with Gasteiger partial charge < -0.3 is 15.4 Å². The second-order valence-corrected chi connectivity index (χ2v) is 5.34. The number of nitrogens with one attached hydrogen (secondary N) is 2. The molecule has 0 spiro atoms. The van der Waals surface area contributed by atoms with Crippen LogP contribution in [0.25, 0.3) is 0 Å². The molecule has 0 aromatic carbocycles. The Kier molecular flexibility index (Phi) is 5.09. The van der Waals surface area contributed by atoms with Gasteiger partial charge in [0.1, 0.15) is 17.7 Å². The van der Waals surface area contributed by atoms with Crippen LogP contribution in [0.2, 0.25) is 0 Å². The van der Waals surface area contributed by atoms with E-state index in [-0.39, 0.29) is 17.4 Å². The Hall–Kier alpha value is -1.85. The first-order valence-corrected chi connectivity index (χ1v) is 6.40. The van der Waals surface area contributed by atoms with Gasteiger partial charge in [0.25, 0.3) is 5.56 Å². The monoisotopic (exact) mass is 267 g/mol. The molecule has 3 N–H and O–H groups in total. The highest BCUT2D eigenvalue weighted by Gasteiger charge is 2.19. The number of nitrogens with zero attached hydrogens (tertiary/aromatic N) is 1. The third-order valence-electron chi connectivity index (χ3n) is 2.63. The van der Waals surface area contributed by atoms with E-state index in [2.05, 4.69) is 15.3 Å². The van der Waals surface area contributed by atoms with E-state index in [0.717, 1.165) is 0 Å². The van der Waals surface area contributed by atoms with E-state index in [1.165, 1.54) is 6.07 Å². The average molecular weight is 267 g/mol. The smallest absolute Gasteiger partial charge is 0.326 e. The molecule has 0 amide bonds. The first kappa shape index (κ1) is 15.2. The largest absolute Gasteiger partial charge is 0.480 e. The molecule has 0 aliphatic carbocycles. The third-order valence-corrected chi connectivity index (χ3v) is 2.63. The van der Waals surface area contributed by atoms with Gasteiger partial charge in [-0.3, -0.25) is 4.79 Å². The van der Waals surface area contributed by atoms with Crippen LogP contribution in [0.1, 0.15) is 45.9 Å². The third kappa shape index (κ3) is 4.73. The minimum atomic E-state index is -0.943. The lowest BCUT2D eigenvalue weighted by molar-refractivity contribution is -0.138. The van der Waals surface area contributed by atoms with Gasteiger partial charge in [-0.25, -0.2) is 9.78 Å². The number of H-pyrrole nitrogens is 1. The Bertz CT molecular complexity index is 494. The molecule has 0 aliphatic rings. The topological polar surface area (TPSA) is 95.1 Å². The van der Waals surface area contributed by atoms with Crippen LogP contribution in [0, 0.1) is 5.92 Å². The van der Waals surface area contributed by atoms with E-state index >= 15 is 0 Å². The minimum Gasteiger partial charge on any atom is -0.480 e. The molecule has 6 nitrogen and oxygen atoms in total. The summed E-state index contributed by atoms with van der Waals surface area (Å²) in [6.07, 6.45) is 0.473. The number of carboxylic acids is 1. The normalized spacial score (nSPS) is 12.7. The van der Waals surface area contributed by atoms with Crippen LogP contribution >= 0.6 is 0 Å². The fourth-order valence-electron chi connectivity index (χ4n) is 1.70. The molecule has 1 atom stereocenters. The minimum absolute atomic E-state index is 0.0721. The zero-order valence-electron chi connectivity index (χ0n) is 11.7. The highest BCUT2D eigenvalue weighted by Crippen LogP contribution is 2.13. The van der Waals surface area contributed by atoms with Gasteiger partial charge in [0.05, 0.1) is 0 Å². The number of carboxylic acid groups (broad SMARTS) is 1. The van der Waals surface area contributed by atoms with Crippen LogP contribution in [-0.4, -0.2) is 27.1 Å². The van der Waals surface area contributed by atoms with Gasteiger partial charge in [-0.2, -0.15) is 0 Å². The number of anilines is 1. The Morgan fingerprint density at radius 1 is 1.42 bits per heavy atom. The van der Waals surface area contributed by atoms with Crippen LogP contribution in [0.3, 0.4) is 0 Å². The quantitative estimate of drug-likeness (QED) is 0.730. The first-order chi connectivity index (χ1) is 8.79. The molecule has 19 heavy (non-hydrogen) atoms. The van der Waals surface area contributed by atoms with Crippen molar-refractivity contribution in [2.45, 2.75) is 46.1 Å². The number of aromatic nitrogens is 2. The molecule has 0 fully saturated rings. The molecule has 1 unspecified atom stereocenters. The van der Waals surface area contributed by atoms with Crippen LogP contribution < -0.4 is 10.9 Å². The number of rotatable bonds is 6. The summed E-state index contributed by atoms with van der Waals surface area (Å²) in [7, 11) is 0. The Morgan fingerprint density at radius 2 is 2.05 bits per heavy atom. The predicted molar refractivity (Wildman–Crippen MR) is 73.4 cm³/mol. The second-order valence-electron chi connectivity index (χ2n) is 5.34. The summed E-state index contributed by atoms with van der Waals surface area (Å²) >= 11 is 0. The van der Waals surface area contributed by atoms with Gasteiger partial charge in [-0.05, 0) is 12.3 Å². The van der Waals surface area contributed by atoms with E-state index < -0.39 is 12.0 Å². The molecule has 1 aromatic heterocycles. The van der Waals surface area contributed by atoms with Crippen molar-refractivity contribution in [3.63, 3.8) is 0 Å². The SMILES string of the molecule is CC(C)CC(Nc1cc(=O)[nH]c(C(C)C)n1)C(=O)O. The first-order valence-electron chi connectivity index (χ1n) is 6.40. The number of aromatic amines is 1. The van der Waals surface area contributed by atoms with Gasteiger partial charge >= 0.3 is 5.97 Å². The molecule has 1 rings (SSSR count). The van der Waals surface area contributed by atoms with Crippen LogP contribution in [0.5, 0.6) is 0 Å². The van der Waals surface area contributed by atoms with Crippen molar-refractivity contribution in [1.29, 1.82) is 0 Å². The fourth-order valence-corrected chi connectivity index (χ4v) is 1.70. The molecule has 1 aromatic rings. The lowest BCUT2D eigenvalue weighted by atomic mass is 10.0. The molecular weight excluding hydrogens is 246 g/mol. The molecule has 0 saturated heterocycles. The van der Waals surface area contributed by atoms with Gasteiger partial charge in [0.2, 0.25) is 0 Å². The van der Waals surface area contributed by atoms with Crippen LogP contribution in [0.4, 0.5) is 5.82 Å². The summed E-state index contributed by atoms with van der Waals surface area (Å²) in [5.74, 6) is 0.217. The van der Waals surface area contributed by atoms with Crippen LogP contribution in [-0.2, 0) is 4.79 Å². The molecule has 6 heteroatoms. The van der Waals surface area contributed by atoms with Crippen molar-refractivity contribution < 1.29 is 9.90 Å². The zero-order chi connectivity index (χ0) is 14.6. The Morgan fingerprint density at radius 3 is 2.53 bits per heavy atom. The van der Waals surface area contributed by atoms with Crippen molar-refractivity contribution in [1.82, 2.24) is 9.97 Å². The molecule has 1 heterocycles. The molecular formula is C13H21N3O3. The maximum atomic E-state index is 11.5. The fraction of sp³-hybridized carbons (Fsp3) is 0.615. The predicted octanol–water partition coefficient (Wildman–Crippen LogP) is 1.80. The highest BCUT2D eigenvalue weighted by molar-refractivity contribution is 5.76. The molecule has 0 aliphatic heterocycles. The second kappa shape index (κ2) is 6.36. The Balaban J connectivity index is 2.96. The van der Waals surface area contributed by atoms with Gasteiger partial charge in [-0.1, -0.05) is 27.7 Å². The van der Waals surface area contributed by atoms with Crippen molar-refractivity contribution in [2.24, 2.45) is 5.92 Å². The summed E-state index contributed by atoms with van der Waals surface area (Å²) in [4.78, 5) is 29.5. The van der Waals surface area contributed by atoms with E-state index in [0.29, 0.717) is 18.1 Å². The standard InChI is InChI=1S/C13H21N3O3/c1-7(2)5-9(13(18)19)14-10-6-11(17)16-12(15-10)8(3)4/h6-9H,5H2,1-4H3,(H,18,19)(H2,14,15,16,17). The van der Waals surface area contributed by atoms with Gasteiger partial charge in [0.15, 0.2) is 0 Å². The zero-order valence-corrected chi connectivity index (χ0v) is 11.7.